The Morgan fingerprint density at radius 1 is 1.24 bits per heavy atom. The lowest BCUT2D eigenvalue weighted by atomic mass is 10.2. The van der Waals surface area contributed by atoms with E-state index in [1.165, 1.54) is 3.57 Å². The highest BCUT2D eigenvalue weighted by molar-refractivity contribution is 14.1. The van der Waals surface area contributed by atoms with Crippen molar-refractivity contribution in [1.82, 2.24) is 15.0 Å². The fourth-order valence-electron chi connectivity index (χ4n) is 1.78. The highest BCUT2D eigenvalue weighted by Gasteiger charge is 2.06. The molecule has 84 valence electrons. The van der Waals surface area contributed by atoms with Crippen LogP contribution in [-0.4, -0.2) is 15.0 Å². The second-order valence-corrected chi connectivity index (χ2v) is 5.23. The van der Waals surface area contributed by atoms with Crippen molar-refractivity contribution >= 4 is 33.8 Å². The maximum Gasteiger partial charge on any atom is 0.178 e. The smallest absolute Gasteiger partial charge is 0.178 e. The van der Waals surface area contributed by atoms with E-state index in [0.29, 0.717) is 0 Å². The number of hydrogen-bond donors (Lipinski definition) is 1. The fraction of sp³-hybridized carbons (Fsp3) is 0.0769. The molecule has 0 fully saturated rings. The Labute approximate surface area is 112 Å². The van der Waals surface area contributed by atoms with Crippen LogP contribution in [0.5, 0.6) is 0 Å². The molecule has 3 rings (SSSR count). The summed E-state index contributed by atoms with van der Waals surface area (Å²) in [5.74, 6) is 0.872. The lowest BCUT2D eigenvalue weighted by Crippen LogP contribution is -1.80. The molecule has 3 nitrogen and oxygen atoms in total. The van der Waals surface area contributed by atoms with Gasteiger partial charge in [0.05, 0.1) is 5.52 Å². The van der Waals surface area contributed by atoms with Crippen LogP contribution in [0, 0.1) is 10.5 Å². The number of rotatable bonds is 1. The third-order valence-electron chi connectivity index (χ3n) is 2.57. The number of nitrogens with one attached hydrogen (secondary N) is 1. The molecule has 0 aliphatic rings. The van der Waals surface area contributed by atoms with Crippen LogP contribution >= 0.6 is 22.6 Å². The second kappa shape index (κ2) is 4.10. The monoisotopic (exact) mass is 335 g/mol. The van der Waals surface area contributed by atoms with Crippen LogP contribution in [0.3, 0.4) is 0 Å². The first kappa shape index (κ1) is 10.7. The van der Waals surface area contributed by atoms with Crippen molar-refractivity contribution in [1.29, 1.82) is 0 Å². The summed E-state index contributed by atoms with van der Waals surface area (Å²) in [4.78, 5) is 12.1. The number of aryl methyl sites for hydroxylation is 1. The molecule has 4 heteroatoms. The van der Waals surface area contributed by atoms with Gasteiger partial charge in [0.1, 0.15) is 5.82 Å². The second-order valence-electron chi connectivity index (χ2n) is 3.98. The Hall–Kier alpha value is -1.43. The molecule has 3 aromatic rings. The Kier molecular flexibility index (Phi) is 2.58. The third-order valence-corrected chi connectivity index (χ3v) is 3.24. The summed E-state index contributed by atoms with van der Waals surface area (Å²) in [5, 5.41) is 0. The van der Waals surface area contributed by atoms with Gasteiger partial charge in [0.25, 0.3) is 0 Å². The van der Waals surface area contributed by atoms with E-state index < -0.39 is 0 Å². The Morgan fingerprint density at radius 3 is 2.94 bits per heavy atom. The molecule has 0 aliphatic heterocycles. The molecule has 0 atom stereocenters. The maximum atomic E-state index is 4.50. The Bertz CT molecular complexity index is 688. The SMILES string of the molecule is Cc1cnc2nc(-c3cccc(I)c3)[nH]c2c1. The molecule has 0 saturated heterocycles. The normalized spacial score (nSPS) is 10.9. The van der Waals surface area contributed by atoms with Gasteiger partial charge in [0.15, 0.2) is 5.65 Å². The number of benzene rings is 1. The summed E-state index contributed by atoms with van der Waals surface area (Å²) in [6.07, 6.45) is 1.84. The molecule has 1 N–H and O–H groups in total. The number of aromatic nitrogens is 3. The van der Waals surface area contributed by atoms with Crippen LogP contribution in [-0.2, 0) is 0 Å². The number of H-pyrrole nitrogens is 1. The molecular formula is C13H10IN3. The summed E-state index contributed by atoms with van der Waals surface area (Å²) in [6, 6.07) is 10.3. The van der Waals surface area contributed by atoms with E-state index in [1.807, 2.05) is 25.3 Å². The zero-order valence-corrected chi connectivity index (χ0v) is 11.4. The Morgan fingerprint density at radius 2 is 2.12 bits per heavy atom. The van der Waals surface area contributed by atoms with E-state index in [4.69, 9.17) is 0 Å². The van der Waals surface area contributed by atoms with Crippen LogP contribution in [0.2, 0.25) is 0 Å². The minimum absolute atomic E-state index is 0.768. The van der Waals surface area contributed by atoms with Crippen molar-refractivity contribution in [3.8, 4) is 11.4 Å². The molecule has 0 bridgehead atoms. The quantitative estimate of drug-likeness (QED) is 0.691. The average Bonchev–Trinajstić information content (AvgIpc) is 2.72. The van der Waals surface area contributed by atoms with Crippen LogP contribution in [0.25, 0.3) is 22.6 Å². The van der Waals surface area contributed by atoms with Crippen molar-refractivity contribution in [2.24, 2.45) is 0 Å². The highest BCUT2D eigenvalue weighted by Crippen LogP contribution is 2.21. The van der Waals surface area contributed by atoms with E-state index in [-0.39, 0.29) is 0 Å². The summed E-state index contributed by atoms with van der Waals surface area (Å²) in [7, 11) is 0. The standard InChI is InChI=1S/C13H10IN3/c1-8-5-11-13(15-7-8)17-12(16-11)9-3-2-4-10(14)6-9/h2-7H,1H3,(H,15,16,17). The third kappa shape index (κ3) is 2.04. The number of nitrogens with zero attached hydrogens (tertiary/aromatic N) is 2. The number of hydrogen-bond acceptors (Lipinski definition) is 2. The minimum Gasteiger partial charge on any atom is -0.337 e. The van der Waals surface area contributed by atoms with Gasteiger partial charge in [-0.25, -0.2) is 9.97 Å². The van der Waals surface area contributed by atoms with Crippen LogP contribution in [0.1, 0.15) is 5.56 Å². The fourth-order valence-corrected chi connectivity index (χ4v) is 2.32. The summed E-state index contributed by atoms with van der Waals surface area (Å²) in [5.41, 5.74) is 3.98. The van der Waals surface area contributed by atoms with Crippen LogP contribution < -0.4 is 0 Å². The number of aromatic amines is 1. The largest absolute Gasteiger partial charge is 0.337 e. The molecule has 0 amide bonds. The molecular weight excluding hydrogens is 325 g/mol. The van der Waals surface area contributed by atoms with Gasteiger partial charge >= 0.3 is 0 Å². The number of fused-ring (bicyclic) bond motifs is 1. The van der Waals surface area contributed by atoms with Gasteiger partial charge in [-0.2, -0.15) is 0 Å². The lowest BCUT2D eigenvalue weighted by molar-refractivity contribution is 1.28. The van der Waals surface area contributed by atoms with Gasteiger partial charge in [0.2, 0.25) is 0 Å². The van der Waals surface area contributed by atoms with Gasteiger partial charge < -0.3 is 4.98 Å². The topological polar surface area (TPSA) is 41.6 Å². The first-order chi connectivity index (χ1) is 8.22. The Balaban J connectivity index is 2.18. The molecule has 0 unspecified atom stereocenters. The van der Waals surface area contributed by atoms with Gasteiger partial charge in [-0.1, -0.05) is 12.1 Å². The molecule has 1 aromatic carbocycles. The minimum atomic E-state index is 0.768. The first-order valence-corrected chi connectivity index (χ1v) is 6.38. The van der Waals surface area contributed by atoms with Gasteiger partial charge in [-0.05, 0) is 53.3 Å². The van der Waals surface area contributed by atoms with Gasteiger partial charge in [-0.15, -0.1) is 0 Å². The zero-order valence-electron chi connectivity index (χ0n) is 9.24. The van der Waals surface area contributed by atoms with Crippen LogP contribution in [0.15, 0.2) is 36.5 Å². The van der Waals surface area contributed by atoms with Crippen molar-refractivity contribution in [3.63, 3.8) is 0 Å². The molecule has 0 spiro atoms. The maximum absolute atomic E-state index is 4.50. The summed E-state index contributed by atoms with van der Waals surface area (Å²) < 4.78 is 1.20. The van der Waals surface area contributed by atoms with Gasteiger partial charge in [-0.3, -0.25) is 0 Å². The summed E-state index contributed by atoms with van der Waals surface area (Å²) >= 11 is 2.30. The summed E-state index contributed by atoms with van der Waals surface area (Å²) in [6.45, 7) is 2.03. The van der Waals surface area contributed by atoms with E-state index in [2.05, 4.69) is 55.7 Å². The van der Waals surface area contributed by atoms with Gasteiger partial charge in [0, 0.05) is 15.3 Å². The first-order valence-electron chi connectivity index (χ1n) is 5.31. The van der Waals surface area contributed by atoms with E-state index in [1.54, 1.807) is 0 Å². The van der Waals surface area contributed by atoms with E-state index in [0.717, 1.165) is 28.1 Å². The molecule has 0 aliphatic carbocycles. The van der Waals surface area contributed by atoms with Crippen molar-refractivity contribution < 1.29 is 0 Å². The number of pyridine rings is 1. The highest BCUT2D eigenvalue weighted by atomic mass is 127. The van der Waals surface area contributed by atoms with Crippen LogP contribution in [0.4, 0.5) is 0 Å². The predicted molar refractivity (Wildman–Crippen MR) is 76.8 cm³/mol. The van der Waals surface area contributed by atoms with Crippen molar-refractivity contribution in [3.05, 3.63) is 45.7 Å². The van der Waals surface area contributed by atoms with Crippen molar-refractivity contribution in [2.75, 3.05) is 0 Å². The predicted octanol–water partition coefficient (Wildman–Crippen LogP) is 3.54. The molecule has 17 heavy (non-hydrogen) atoms. The average molecular weight is 335 g/mol. The van der Waals surface area contributed by atoms with E-state index in [9.17, 15) is 0 Å². The van der Waals surface area contributed by atoms with E-state index >= 15 is 0 Å². The molecule has 2 heterocycles. The number of imidazole rings is 1. The molecule has 2 aromatic heterocycles. The van der Waals surface area contributed by atoms with Crippen molar-refractivity contribution in [2.45, 2.75) is 6.92 Å². The molecule has 0 saturated carbocycles. The molecule has 0 radical (unpaired) electrons. The zero-order chi connectivity index (χ0) is 11.8. The lowest BCUT2D eigenvalue weighted by Gasteiger charge is -1.96. The number of halogens is 1.